The van der Waals surface area contributed by atoms with E-state index in [9.17, 15) is 14.9 Å². The fourth-order valence-electron chi connectivity index (χ4n) is 2.07. The number of rotatable bonds is 6. The minimum Gasteiger partial charge on any atom is -0.350 e. The molecule has 0 unspecified atom stereocenters. The Bertz CT molecular complexity index is 656. The summed E-state index contributed by atoms with van der Waals surface area (Å²) in [6.45, 7) is 0.440. The molecule has 22 heavy (non-hydrogen) atoms. The zero-order valence-electron chi connectivity index (χ0n) is 12.4. The van der Waals surface area contributed by atoms with Crippen LogP contribution in [0.15, 0.2) is 41.8 Å². The Kier molecular flexibility index (Phi) is 5.24. The lowest BCUT2D eigenvalue weighted by Gasteiger charge is -2.23. The molecule has 0 aliphatic carbocycles. The van der Waals surface area contributed by atoms with Gasteiger partial charge in [-0.15, -0.1) is 11.3 Å². The molecule has 1 N–H and O–H groups in total. The van der Waals surface area contributed by atoms with Gasteiger partial charge in [-0.25, -0.2) is 0 Å². The number of thiophene rings is 1. The molecule has 2 aromatic rings. The maximum Gasteiger partial charge on any atom is 0.270 e. The van der Waals surface area contributed by atoms with Crippen LogP contribution < -0.4 is 5.32 Å². The monoisotopic (exact) mass is 319 g/mol. The summed E-state index contributed by atoms with van der Waals surface area (Å²) >= 11 is 1.63. The number of non-ortho nitro benzene ring substituents is 1. The Morgan fingerprint density at radius 2 is 2.14 bits per heavy atom. The van der Waals surface area contributed by atoms with Gasteiger partial charge >= 0.3 is 0 Å². The van der Waals surface area contributed by atoms with Crippen LogP contribution in [0, 0.1) is 10.1 Å². The molecule has 7 heteroatoms. The van der Waals surface area contributed by atoms with Crippen molar-refractivity contribution in [3.8, 4) is 0 Å². The summed E-state index contributed by atoms with van der Waals surface area (Å²) in [7, 11) is 3.90. The number of nitrogens with one attached hydrogen (secondary N) is 1. The summed E-state index contributed by atoms with van der Waals surface area (Å²) in [5.74, 6) is -0.313. The number of carbonyl (C=O) groups is 1. The molecule has 2 rings (SSSR count). The van der Waals surface area contributed by atoms with Crippen molar-refractivity contribution in [2.24, 2.45) is 0 Å². The number of hydrogen-bond acceptors (Lipinski definition) is 5. The highest BCUT2D eigenvalue weighted by Crippen LogP contribution is 2.22. The Balaban J connectivity index is 2.05. The summed E-state index contributed by atoms with van der Waals surface area (Å²) in [6.07, 6.45) is 0. The van der Waals surface area contributed by atoms with Crippen LogP contribution >= 0.6 is 11.3 Å². The van der Waals surface area contributed by atoms with E-state index in [1.54, 1.807) is 17.4 Å². The minimum atomic E-state index is -0.509. The first-order valence-electron chi connectivity index (χ1n) is 6.71. The highest BCUT2D eigenvalue weighted by molar-refractivity contribution is 7.10. The molecule has 1 aromatic carbocycles. The minimum absolute atomic E-state index is 0.0719. The molecule has 116 valence electrons. The predicted octanol–water partition coefficient (Wildman–Crippen LogP) is 2.69. The zero-order valence-corrected chi connectivity index (χ0v) is 13.2. The second kappa shape index (κ2) is 7.15. The SMILES string of the molecule is CN(C)[C@H](CNC(=O)c1cccc([N+](=O)[O-])c1)c1cccs1. The molecule has 0 radical (unpaired) electrons. The molecule has 0 bridgehead atoms. The standard InChI is InChI=1S/C15H17N3O3S/c1-17(2)13(14-7-4-8-22-14)10-16-15(19)11-5-3-6-12(9-11)18(20)21/h3-9,13H,10H2,1-2H3,(H,16,19)/t13-/m1/s1. The van der Waals surface area contributed by atoms with Crippen LogP contribution in [0.4, 0.5) is 5.69 Å². The van der Waals surface area contributed by atoms with Gasteiger partial charge in [0.05, 0.1) is 11.0 Å². The van der Waals surface area contributed by atoms with E-state index < -0.39 is 4.92 Å². The van der Waals surface area contributed by atoms with Crippen LogP contribution in [0.2, 0.25) is 0 Å². The molecular formula is C15H17N3O3S. The number of hydrogen-bond donors (Lipinski definition) is 1. The third kappa shape index (κ3) is 3.90. The van der Waals surface area contributed by atoms with Crippen molar-refractivity contribution in [2.75, 3.05) is 20.6 Å². The highest BCUT2D eigenvalue weighted by Gasteiger charge is 2.17. The number of nitro benzene ring substituents is 1. The average molecular weight is 319 g/mol. The van der Waals surface area contributed by atoms with Gasteiger partial charge in [-0.1, -0.05) is 12.1 Å². The van der Waals surface area contributed by atoms with Gasteiger partial charge in [0.2, 0.25) is 0 Å². The third-order valence-corrected chi connectivity index (χ3v) is 4.24. The van der Waals surface area contributed by atoms with Crippen LogP contribution in [-0.4, -0.2) is 36.4 Å². The van der Waals surface area contributed by atoms with Crippen molar-refractivity contribution in [1.29, 1.82) is 0 Å². The lowest BCUT2D eigenvalue weighted by atomic mass is 10.1. The van der Waals surface area contributed by atoms with Crippen LogP contribution in [-0.2, 0) is 0 Å². The van der Waals surface area contributed by atoms with Crippen LogP contribution in [0.25, 0.3) is 0 Å². The third-order valence-electron chi connectivity index (χ3n) is 3.27. The molecule has 0 fully saturated rings. The fraction of sp³-hybridized carbons (Fsp3) is 0.267. The van der Waals surface area contributed by atoms with Gasteiger partial charge in [0.25, 0.3) is 11.6 Å². The number of likely N-dealkylation sites (N-methyl/N-ethyl adjacent to an activating group) is 1. The van der Waals surface area contributed by atoms with Gasteiger partial charge in [0, 0.05) is 29.1 Å². The largest absolute Gasteiger partial charge is 0.350 e. The number of carbonyl (C=O) groups excluding carboxylic acids is 1. The van der Waals surface area contributed by atoms with Gasteiger partial charge in [-0.2, -0.15) is 0 Å². The topological polar surface area (TPSA) is 75.5 Å². The van der Waals surface area contributed by atoms with Gasteiger partial charge < -0.3 is 10.2 Å². The maximum atomic E-state index is 12.2. The van der Waals surface area contributed by atoms with Crippen molar-refractivity contribution in [3.05, 3.63) is 62.3 Å². The van der Waals surface area contributed by atoms with Gasteiger partial charge in [-0.05, 0) is 31.6 Å². The van der Waals surface area contributed by atoms with Gasteiger partial charge in [0.1, 0.15) is 0 Å². The molecule has 1 aromatic heterocycles. The lowest BCUT2D eigenvalue weighted by Crippen LogP contribution is -2.34. The van der Waals surface area contributed by atoms with E-state index in [0.29, 0.717) is 6.54 Å². The summed E-state index contributed by atoms with van der Waals surface area (Å²) in [5.41, 5.74) is 0.202. The summed E-state index contributed by atoms with van der Waals surface area (Å²) in [6, 6.07) is 9.79. The Morgan fingerprint density at radius 3 is 2.73 bits per heavy atom. The summed E-state index contributed by atoms with van der Waals surface area (Å²) < 4.78 is 0. The quantitative estimate of drug-likeness (QED) is 0.656. The predicted molar refractivity (Wildman–Crippen MR) is 86.2 cm³/mol. The van der Waals surface area contributed by atoms with E-state index in [1.165, 1.54) is 18.2 Å². The molecular weight excluding hydrogens is 302 g/mol. The van der Waals surface area contributed by atoms with Crippen molar-refractivity contribution < 1.29 is 9.72 Å². The first-order chi connectivity index (χ1) is 10.5. The fourth-order valence-corrected chi connectivity index (χ4v) is 2.99. The molecule has 6 nitrogen and oxygen atoms in total. The molecule has 1 amide bonds. The number of nitro groups is 1. The van der Waals surface area contributed by atoms with Crippen LogP contribution in [0.3, 0.4) is 0 Å². The maximum absolute atomic E-state index is 12.2. The van der Waals surface area contributed by atoms with E-state index in [1.807, 2.05) is 36.5 Å². The van der Waals surface area contributed by atoms with E-state index in [0.717, 1.165) is 4.88 Å². The average Bonchev–Trinajstić information content (AvgIpc) is 3.01. The number of benzene rings is 1. The number of nitrogens with zero attached hydrogens (tertiary/aromatic N) is 2. The molecule has 0 aliphatic heterocycles. The van der Waals surface area contributed by atoms with E-state index in [4.69, 9.17) is 0 Å². The molecule has 1 atom stereocenters. The second-order valence-electron chi connectivity index (χ2n) is 5.01. The lowest BCUT2D eigenvalue weighted by molar-refractivity contribution is -0.384. The normalized spacial score (nSPS) is 12.1. The van der Waals surface area contributed by atoms with Crippen molar-refractivity contribution in [3.63, 3.8) is 0 Å². The first kappa shape index (κ1) is 16.1. The van der Waals surface area contributed by atoms with E-state index >= 15 is 0 Å². The molecule has 0 aliphatic rings. The Morgan fingerprint density at radius 1 is 1.36 bits per heavy atom. The van der Waals surface area contributed by atoms with Crippen molar-refractivity contribution >= 4 is 22.9 Å². The van der Waals surface area contributed by atoms with Crippen LogP contribution in [0.5, 0.6) is 0 Å². The van der Waals surface area contributed by atoms with Crippen molar-refractivity contribution in [2.45, 2.75) is 6.04 Å². The first-order valence-corrected chi connectivity index (χ1v) is 7.59. The Hall–Kier alpha value is -2.25. The summed E-state index contributed by atoms with van der Waals surface area (Å²) in [5, 5.41) is 15.6. The highest BCUT2D eigenvalue weighted by atomic mass is 32.1. The molecule has 1 heterocycles. The number of amides is 1. The van der Waals surface area contributed by atoms with Gasteiger partial charge in [0.15, 0.2) is 0 Å². The van der Waals surface area contributed by atoms with E-state index in [-0.39, 0.29) is 23.2 Å². The summed E-state index contributed by atoms with van der Waals surface area (Å²) in [4.78, 5) is 25.6. The van der Waals surface area contributed by atoms with Gasteiger partial charge in [-0.3, -0.25) is 14.9 Å². The molecule has 0 saturated heterocycles. The Labute approximate surface area is 132 Å². The smallest absolute Gasteiger partial charge is 0.270 e. The molecule has 0 spiro atoms. The molecule has 0 saturated carbocycles. The zero-order chi connectivity index (χ0) is 16.1. The van der Waals surface area contributed by atoms with E-state index in [2.05, 4.69) is 5.32 Å². The van der Waals surface area contributed by atoms with Crippen molar-refractivity contribution in [1.82, 2.24) is 10.2 Å². The second-order valence-corrected chi connectivity index (χ2v) is 5.99. The van der Waals surface area contributed by atoms with Crippen LogP contribution in [0.1, 0.15) is 21.3 Å².